The van der Waals surface area contributed by atoms with E-state index in [0.717, 1.165) is 24.1 Å². The molecule has 0 saturated carbocycles. The second-order valence-electron chi connectivity index (χ2n) is 6.27. The van der Waals surface area contributed by atoms with Crippen molar-refractivity contribution in [3.63, 3.8) is 0 Å². The first-order valence-corrected chi connectivity index (χ1v) is 9.62. The first-order chi connectivity index (χ1) is 12.5. The fourth-order valence-corrected chi connectivity index (χ4v) is 3.21. The molecule has 0 aliphatic rings. The van der Waals surface area contributed by atoms with Gasteiger partial charge in [0.2, 0.25) is 11.8 Å². The number of rotatable bonds is 9. The number of amides is 2. The van der Waals surface area contributed by atoms with E-state index >= 15 is 0 Å². The predicted molar refractivity (Wildman–Crippen MR) is 106 cm³/mol. The topological polar surface area (TPSA) is 83.1 Å². The first-order valence-electron chi connectivity index (χ1n) is 8.74. The van der Waals surface area contributed by atoms with Crippen LogP contribution < -0.4 is 16.0 Å². The van der Waals surface area contributed by atoms with Crippen LogP contribution in [0.5, 0.6) is 0 Å². The van der Waals surface area contributed by atoms with Crippen LogP contribution in [0.2, 0.25) is 0 Å². The zero-order valence-electron chi connectivity index (χ0n) is 15.5. The largest absolute Gasteiger partial charge is 0.356 e. The normalized spacial score (nSPS) is 11.8. The van der Waals surface area contributed by atoms with E-state index in [4.69, 9.17) is 0 Å². The summed E-state index contributed by atoms with van der Waals surface area (Å²) in [7, 11) is 1.83. The van der Waals surface area contributed by atoms with Crippen LogP contribution in [0.4, 0.5) is 5.13 Å². The van der Waals surface area contributed by atoms with E-state index in [0.29, 0.717) is 18.2 Å². The van der Waals surface area contributed by atoms with Crippen LogP contribution in [0.25, 0.3) is 11.3 Å². The lowest BCUT2D eigenvalue weighted by Crippen LogP contribution is -2.28. The van der Waals surface area contributed by atoms with Gasteiger partial charge in [0.05, 0.1) is 5.69 Å². The average Bonchev–Trinajstić information content (AvgIpc) is 3.07. The number of hydrogen-bond donors (Lipinski definition) is 3. The highest BCUT2D eigenvalue weighted by molar-refractivity contribution is 7.14. The highest BCUT2D eigenvalue weighted by Crippen LogP contribution is 2.25. The monoisotopic (exact) mass is 374 g/mol. The average molecular weight is 375 g/mol. The lowest BCUT2D eigenvalue weighted by atomic mass is 10.1. The van der Waals surface area contributed by atoms with E-state index in [1.165, 1.54) is 23.8 Å². The van der Waals surface area contributed by atoms with Crippen LogP contribution in [0.15, 0.2) is 29.6 Å². The Morgan fingerprint density at radius 3 is 2.62 bits per heavy atom. The van der Waals surface area contributed by atoms with Gasteiger partial charge in [-0.25, -0.2) is 4.98 Å². The van der Waals surface area contributed by atoms with E-state index in [1.54, 1.807) is 0 Å². The van der Waals surface area contributed by atoms with Gasteiger partial charge in [0, 0.05) is 36.9 Å². The molecule has 2 amide bonds. The Bertz CT molecular complexity index is 727. The molecule has 1 heterocycles. The van der Waals surface area contributed by atoms with Gasteiger partial charge in [-0.3, -0.25) is 9.59 Å². The summed E-state index contributed by atoms with van der Waals surface area (Å²) in [4.78, 5) is 27.4. The molecule has 0 radical (unpaired) electrons. The quantitative estimate of drug-likeness (QED) is 0.589. The van der Waals surface area contributed by atoms with E-state index in [2.05, 4.69) is 33.1 Å². The van der Waals surface area contributed by atoms with Crippen molar-refractivity contribution in [3.05, 3.63) is 35.2 Å². The van der Waals surface area contributed by atoms with Crippen molar-refractivity contribution in [2.75, 3.05) is 25.5 Å². The fourth-order valence-electron chi connectivity index (χ4n) is 2.49. The molecule has 2 rings (SSSR count). The van der Waals surface area contributed by atoms with Crippen LogP contribution in [-0.4, -0.2) is 36.9 Å². The fraction of sp³-hybridized carbons (Fsp3) is 0.421. The lowest BCUT2D eigenvalue weighted by molar-refractivity contribution is -0.119. The van der Waals surface area contributed by atoms with Gasteiger partial charge < -0.3 is 16.0 Å². The van der Waals surface area contributed by atoms with Crippen molar-refractivity contribution < 1.29 is 9.59 Å². The van der Waals surface area contributed by atoms with Crippen LogP contribution in [0, 0.1) is 5.92 Å². The zero-order valence-corrected chi connectivity index (χ0v) is 16.3. The van der Waals surface area contributed by atoms with Crippen LogP contribution >= 0.6 is 11.3 Å². The summed E-state index contributed by atoms with van der Waals surface area (Å²) in [5.41, 5.74) is 3.11. The Morgan fingerprint density at radius 1 is 1.23 bits per heavy atom. The molecule has 0 aliphatic heterocycles. The molecule has 0 spiro atoms. The molecule has 140 valence electrons. The summed E-state index contributed by atoms with van der Waals surface area (Å²) in [6, 6.07) is 8.24. The van der Waals surface area contributed by atoms with Gasteiger partial charge in [-0.15, -0.1) is 11.3 Å². The van der Waals surface area contributed by atoms with Crippen molar-refractivity contribution >= 4 is 28.3 Å². The van der Waals surface area contributed by atoms with E-state index in [9.17, 15) is 9.59 Å². The Morgan fingerprint density at radius 2 is 1.96 bits per heavy atom. The van der Waals surface area contributed by atoms with E-state index < -0.39 is 0 Å². The third-order valence-electron chi connectivity index (χ3n) is 3.96. The Labute approximate surface area is 158 Å². The molecular formula is C19H26N4O2S. The summed E-state index contributed by atoms with van der Waals surface area (Å²) in [6.45, 7) is 4.73. The minimum Gasteiger partial charge on any atom is -0.356 e. The maximum Gasteiger partial charge on any atom is 0.230 e. The second kappa shape index (κ2) is 10.0. The van der Waals surface area contributed by atoms with Gasteiger partial charge in [0.25, 0.3) is 0 Å². The smallest absolute Gasteiger partial charge is 0.230 e. The Hall–Kier alpha value is -2.25. The van der Waals surface area contributed by atoms with Crippen LogP contribution in [-0.2, 0) is 16.0 Å². The van der Waals surface area contributed by atoms with Crippen molar-refractivity contribution in [2.24, 2.45) is 5.92 Å². The van der Waals surface area contributed by atoms with Gasteiger partial charge in [-0.1, -0.05) is 31.2 Å². The Balaban J connectivity index is 1.90. The standard InChI is InChI=1S/C19H26N4O2S/c1-13(11-20-3)18(25)23-19-22-17(12-26-19)16-8-6-15(7-9-16)5-4-10-21-14(2)24/h6-9,12-13,20H,4-5,10-11H2,1-3H3,(H,21,24)(H,22,23,25). The number of nitrogens with one attached hydrogen (secondary N) is 3. The molecule has 1 atom stereocenters. The zero-order chi connectivity index (χ0) is 18.9. The minimum atomic E-state index is -0.107. The highest BCUT2D eigenvalue weighted by Gasteiger charge is 2.14. The second-order valence-corrected chi connectivity index (χ2v) is 7.13. The predicted octanol–water partition coefficient (Wildman–Crippen LogP) is 2.67. The number of carbonyl (C=O) groups is 2. The Kier molecular flexibility index (Phi) is 7.74. The van der Waals surface area contributed by atoms with E-state index in [-0.39, 0.29) is 17.7 Å². The number of anilines is 1. The van der Waals surface area contributed by atoms with Crippen LogP contribution in [0.3, 0.4) is 0 Å². The third-order valence-corrected chi connectivity index (χ3v) is 4.72. The SMILES string of the molecule is CNCC(C)C(=O)Nc1nc(-c2ccc(CCCNC(C)=O)cc2)cs1. The van der Waals surface area contributed by atoms with Crippen molar-refractivity contribution in [2.45, 2.75) is 26.7 Å². The summed E-state index contributed by atoms with van der Waals surface area (Å²) in [5, 5.41) is 11.2. The number of aryl methyl sites for hydroxylation is 1. The molecule has 0 aliphatic carbocycles. The molecule has 1 aromatic heterocycles. The maximum atomic E-state index is 12.0. The first kappa shape index (κ1) is 20.1. The highest BCUT2D eigenvalue weighted by atomic mass is 32.1. The molecule has 0 saturated heterocycles. The lowest BCUT2D eigenvalue weighted by Gasteiger charge is -2.09. The molecular weight excluding hydrogens is 348 g/mol. The van der Waals surface area contributed by atoms with Gasteiger partial charge in [0.15, 0.2) is 5.13 Å². The van der Waals surface area contributed by atoms with Gasteiger partial charge in [-0.05, 0) is 25.5 Å². The van der Waals surface area contributed by atoms with Crippen molar-refractivity contribution in [3.8, 4) is 11.3 Å². The summed E-state index contributed by atoms with van der Waals surface area (Å²) < 4.78 is 0. The minimum absolute atomic E-state index is 0.00660. The van der Waals surface area contributed by atoms with Crippen LogP contribution in [0.1, 0.15) is 25.8 Å². The molecule has 3 N–H and O–H groups in total. The van der Waals surface area contributed by atoms with Crippen molar-refractivity contribution in [1.82, 2.24) is 15.6 Å². The number of thiazole rings is 1. The molecule has 7 heteroatoms. The number of carbonyl (C=O) groups excluding carboxylic acids is 2. The molecule has 2 aromatic rings. The summed E-state index contributed by atoms with van der Waals surface area (Å²) in [6.07, 6.45) is 1.83. The number of aromatic nitrogens is 1. The molecule has 1 aromatic carbocycles. The van der Waals surface area contributed by atoms with Crippen molar-refractivity contribution in [1.29, 1.82) is 0 Å². The molecule has 0 fully saturated rings. The number of nitrogens with zero attached hydrogens (tertiary/aromatic N) is 1. The van der Waals surface area contributed by atoms with Gasteiger partial charge in [-0.2, -0.15) is 0 Å². The summed E-state index contributed by atoms with van der Waals surface area (Å²) >= 11 is 1.43. The van der Waals surface area contributed by atoms with Gasteiger partial charge in [0.1, 0.15) is 0 Å². The molecule has 1 unspecified atom stereocenters. The molecule has 26 heavy (non-hydrogen) atoms. The maximum absolute atomic E-state index is 12.0. The third kappa shape index (κ3) is 6.24. The number of hydrogen-bond acceptors (Lipinski definition) is 5. The van der Waals surface area contributed by atoms with E-state index in [1.807, 2.05) is 31.5 Å². The van der Waals surface area contributed by atoms with Gasteiger partial charge >= 0.3 is 0 Å². The molecule has 0 bridgehead atoms. The summed E-state index contributed by atoms with van der Waals surface area (Å²) in [5.74, 6) is -0.133. The molecule has 6 nitrogen and oxygen atoms in total. The number of benzene rings is 1.